The van der Waals surface area contributed by atoms with Crippen LogP contribution in [0.1, 0.15) is 46.5 Å². The smallest absolute Gasteiger partial charge is 0.225 e. The van der Waals surface area contributed by atoms with Gasteiger partial charge in [-0.1, -0.05) is 20.3 Å². The molecule has 1 atom stereocenters. The first-order chi connectivity index (χ1) is 7.70. The van der Waals surface area contributed by atoms with Crippen LogP contribution in [-0.4, -0.2) is 36.5 Å². The van der Waals surface area contributed by atoms with Gasteiger partial charge in [0, 0.05) is 18.5 Å². The van der Waals surface area contributed by atoms with Crippen LogP contribution in [0.25, 0.3) is 0 Å². The Balaban J connectivity index is 2.54. The SMILES string of the molecule is CCCC(C)C(=O)N(CC)C1CCNCC1. The van der Waals surface area contributed by atoms with Crippen LogP contribution < -0.4 is 5.32 Å². The number of carbonyl (C=O) groups excluding carboxylic acids is 1. The van der Waals surface area contributed by atoms with E-state index in [4.69, 9.17) is 0 Å². The van der Waals surface area contributed by atoms with Gasteiger partial charge in [0.25, 0.3) is 0 Å². The quantitative estimate of drug-likeness (QED) is 0.778. The Hall–Kier alpha value is -0.570. The summed E-state index contributed by atoms with van der Waals surface area (Å²) in [6.45, 7) is 9.27. The molecule has 3 nitrogen and oxygen atoms in total. The average Bonchev–Trinajstić information content (AvgIpc) is 2.31. The molecule has 1 aliphatic heterocycles. The van der Waals surface area contributed by atoms with Crippen molar-refractivity contribution in [1.82, 2.24) is 10.2 Å². The molecule has 0 bridgehead atoms. The third-order valence-electron chi connectivity index (χ3n) is 3.52. The molecule has 94 valence electrons. The number of nitrogens with one attached hydrogen (secondary N) is 1. The Morgan fingerprint density at radius 2 is 2.00 bits per heavy atom. The highest BCUT2D eigenvalue weighted by Gasteiger charge is 2.26. The van der Waals surface area contributed by atoms with Crippen LogP contribution >= 0.6 is 0 Å². The molecule has 1 heterocycles. The monoisotopic (exact) mass is 226 g/mol. The predicted octanol–water partition coefficient (Wildman–Crippen LogP) is 2.02. The van der Waals surface area contributed by atoms with E-state index in [1.165, 1.54) is 0 Å². The Kier molecular flexibility index (Phi) is 5.81. The van der Waals surface area contributed by atoms with E-state index in [0.717, 1.165) is 45.3 Å². The molecule has 1 saturated heterocycles. The molecule has 1 fully saturated rings. The molecule has 0 spiro atoms. The maximum Gasteiger partial charge on any atom is 0.225 e. The van der Waals surface area contributed by atoms with Gasteiger partial charge in [-0.15, -0.1) is 0 Å². The molecule has 0 aromatic heterocycles. The Morgan fingerprint density at radius 1 is 1.38 bits per heavy atom. The summed E-state index contributed by atoms with van der Waals surface area (Å²) < 4.78 is 0. The van der Waals surface area contributed by atoms with E-state index in [1.54, 1.807) is 0 Å². The fourth-order valence-corrected chi connectivity index (χ4v) is 2.55. The minimum absolute atomic E-state index is 0.194. The summed E-state index contributed by atoms with van der Waals surface area (Å²) >= 11 is 0. The Labute approximate surface area is 99.6 Å². The maximum atomic E-state index is 12.3. The summed E-state index contributed by atoms with van der Waals surface area (Å²) in [4.78, 5) is 14.4. The molecule has 0 saturated carbocycles. The van der Waals surface area contributed by atoms with E-state index in [2.05, 4.69) is 31.0 Å². The molecule has 0 aromatic carbocycles. The molecule has 1 N–H and O–H groups in total. The molecule has 3 heteroatoms. The van der Waals surface area contributed by atoms with Gasteiger partial charge in [-0.2, -0.15) is 0 Å². The van der Waals surface area contributed by atoms with Crippen molar-refractivity contribution in [1.29, 1.82) is 0 Å². The van der Waals surface area contributed by atoms with E-state index < -0.39 is 0 Å². The normalized spacial score (nSPS) is 19.4. The van der Waals surface area contributed by atoms with Crippen LogP contribution in [-0.2, 0) is 4.79 Å². The summed E-state index contributed by atoms with van der Waals surface area (Å²) in [6.07, 6.45) is 4.33. The van der Waals surface area contributed by atoms with Gasteiger partial charge >= 0.3 is 0 Å². The lowest BCUT2D eigenvalue weighted by molar-refractivity contribution is -0.137. The first-order valence-electron chi connectivity index (χ1n) is 6.71. The van der Waals surface area contributed by atoms with Crippen molar-refractivity contribution in [3.8, 4) is 0 Å². The van der Waals surface area contributed by atoms with Gasteiger partial charge in [-0.3, -0.25) is 4.79 Å². The lowest BCUT2D eigenvalue weighted by atomic mass is 10.00. The van der Waals surface area contributed by atoms with Gasteiger partial charge in [-0.25, -0.2) is 0 Å². The Morgan fingerprint density at radius 3 is 2.50 bits per heavy atom. The van der Waals surface area contributed by atoms with Gasteiger partial charge in [0.2, 0.25) is 5.91 Å². The van der Waals surface area contributed by atoms with Gasteiger partial charge in [0.1, 0.15) is 0 Å². The number of hydrogen-bond acceptors (Lipinski definition) is 2. The molecule has 0 aliphatic carbocycles. The van der Waals surface area contributed by atoms with Crippen molar-refractivity contribution in [2.45, 2.75) is 52.5 Å². The molecular weight excluding hydrogens is 200 g/mol. The van der Waals surface area contributed by atoms with E-state index in [-0.39, 0.29) is 5.92 Å². The second-order valence-electron chi connectivity index (χ2n) is 4.80. The molecule has 16 heavy (non-hydrogen) atoms. The minimum atomic E-state index is 0.194. The maximum absolute atomic E-state index is 12.3. The van der Waals surface area contributed by atoms with Gasteiger partial charge in [0.05, 0.1) is 0 Å². The zero-order chi connectivity index (χ0) is 12.0. The van der Waals surface area contributed by atoms with E-state index >= 15 is 0 Å². The average molecular weight is 226 g/mol. The minimum Gasteiger partial charge on any atom is -0.340 e. The van der Waals surface area contributed by atoms with Crippen molar-refractivity contribution < 1.29 is 4.79 Å². The number of carbonyl (C=O) groups is 1. The summed E-state index contributed by atoms with van der Waals surface area (Å²) in [5, 5.41) is 3.35. The second kappa shape index (κ2) is 6.89. The van der Waals surface area contributed by atoms with Crippen molar-refractivity contribution in [2.75, 3.05) is 19.6 Å². The third-order valence-corrected chi connectivity index (χ3v) is 3.52. The van der Waals surface area contributed by atoms with Crippen molar-refractivity contribution >= 4 is 5.91 Å². The van der Waals surface area contributed by atoms with Crippen molar-refractivity contribution in [3.05, 3.63) is 0 Å². The topological polar surface area (TPSA) is 32.3 Å². The molecule has 1 rings (SSSR count). The molecule has 1 amide bonds. The standard InChI is InChI=1S/C13H26N2O/c1-4-6-11(3)13(16)15(5-2)12-7-9-14-10-8-12/h11-12,14H,4-10H2,1-3H3. The number of nitrogens with zero attached hydrogens (tertiary/aromatic N) is 1. The molecule has 0 aromatic rings. The number of amides is 1. The van der Waals surface area contributed by atoms with Crippen molar-refractivity contribution in [3.63, 3.8) is 0 Å². The first kappa shape index (κ1) is 13.5. The highest BCUT2D eigenvalue weighted by Crippen LogP contribution is 2.17. The number of piperidine rings is 1. The zero-order valence-corrected chi connectivity index (χ0v) is 11.0. The lowest BCUT2D eigenvalue weighted by Crippen LogP contribution is -2.47. The van der Waals surface area contributed by atoms with Crippen LogP contribution in [0.2, 0.25) is 0 Å². The molecule has 1 unspecified atom stereocenters. The summed E-state index contributed by atoms with van der Waals surface area (Å²) in [6, 6.07) is 0.470. The molecular formula is C13H26N2O. The number of rotatable bonds is 5. The largest absolute Gasteiger partial charge is 0.340 e. The fourth-order valence-electron chi connectivity index (χ4n) is 2.55. The lowest BCUT2D eigenvalue weighted by Gasteiger charge is -2.35. The highest BCUT2D eigenvalue weighted by atomic mass is 16.2. The fraction of sp³-hybridized carbons (Fsp3) is 0.923. The van der Waals surface area contributed by atoms with E-state index in [0.29, 0.717) is 11.9 Å². The van der Waals surface area contributed by atoms with Crippen molar-refractivity contribution in [2.24, 2.45) is 5.92 Å². The molecule has 0 radical (unpaired) electrons. The van der Waals surface area contributed by atoms with Gasteiger partial charge in [0.15, 0.2) is 0 Å². The number of hydrogen-bond donors (Lipinski definition) is 1. The van der Waals surface area contributed by atoms with E-state index in [9.17, 15) is 4.79 Å². The Bertz CT molecular complexity index is 212. The van der Waals surface area contributed by atoms with Crippen LogP contribution in [0.15, 0.2) is 0 Å². The first-order valence-corrected chi connectivity index (χ1v) is 6.71. The van der Waals surface area contributed by atoms with Crippen LogP contribution in [0.4, 0.5) is 0 Å². The summed E-state index contributed by atoms with van der Waals surface area (Å²) in [5.41, 5.74) is 0. The summed E-state index contributed by atoms with van der Waals surface area (Å²) in [7, 11) is 0. The van der Waals surface area contributed by atoms with Crippen LogP contribution in [0.5, 0.6) is 0 Å². The van der Waals surface area contributed by atoms with Crippen LogP contribution in [0.3, 0.4) is 0 Å². The predicted molar refractivity (Wildman–Crippen MR) is 67.4 cm³/mol. The zero-order valence-electron chi connectivity index (χ0n) is 11.0. The van der Waals surface area contributed by atoms with Crippen LogP contribution in [0, 0.1) is 5.92 Å². The second-order valence-corrected chi connectivity index (χ2v) is 4.80. The third kappa shape index (κ3) is 3.48. The molecule has 1 aliphatic rings. The van der Waals surface area contributed by atoms with Gasteiger partial charge < -0.3 is 10.2 Å². The summed E-state index contributed by atoms with van der Waals surface area (Å²) in [5.74, 6) is 0.552. The highest BCUT2D eigenvalue weighted by molar-refractivity contribution is 5.78. The van der Waals surface area contributed by atoms with E-state index in [1.807, 2.05) is 0 Å². The van der Waals surface area contributed by atoms with Gasteiger partial charge in [-0.05, 0) is 39.3 Å².